The van der Waals surface area contributed by atoms with Crippen molar-refractivity contribution in [2.24, 2.45) is 11.8 Å². The third-order valence-electron chi connectivity index (χ3n) is 5.73. The molecule has 24 heavy (non-hydrogen) atoms. The van der Waals surface area contributed by atoms with E-state index in [1.165, 1.54) is 7.11 Å². The second-order valence-electron chi connectivity index (χ2n) is 7.35. The highest BCUT2D eigenvalue weighted by molar-refractivity contribution is 5.81. The number of esters is 1. The van der Waals surface area contributed by atoms with E-state index in [2.05, 4.69) is 11.9 Å². The van der Waals surface area contributed by atoms with Gasteiger partial charge in [0.1, 0.15) is 11.6 Å². The van der Waals surface area contributed by atoms with E-state index in [0.29, 0.717) is 5.92 Å². The van der Waals surface area contributed by atoms with E-state index < -0.39 is 17.7 Å². The first kappa shape index (κ1) is 18.8. The maximum atomic E-state index is 12.4. The summed E-state index contributed by atoms with van der Waals surface area (Å²) < 4.78 is 10.7. The van der Waals surface area contributed by atoms with Gasteiger partial charge in [-0.05, 0) is 63.7 Å². The zero-order chi connectivity index (χ0) is 17.6. The van der Waals surface area contributed by atoms with Crippen molar-refractivity contribution < 1.29 is 19.1 Å². The molecule has 2 saturated carbocycles. The van der Waals surface area contributed by atoms with Gasteiger partial charge in [-0.1, -0.05) is 18.9 Å². The molecule has 1 amide bonds. The van der Waals surface area contributed by atoms with E-state index in [0.717, 1.165) is 57.8 Å². The first-order valence-corrected chi connectivity index (χ1v) is 9.18. The summed E-state index contributed by atoms with van der Waals surface area (Å²) in [5.41, 5.74) is -0.455. The number of alkyl carbamates (subject to hydrolysis) is 1. The van der Waals surface area contributed by atoms with Crippen LogP contribution in [0.15, 0.2) is 12.7 Å². The Morgan fingerprint density at radius 1 is 1.29 bits per heavy atom. The first-order chi connectivity index (χ1) is 11.5. The third-order valence-corrected chi connectivity index (χ3v) is 5.73. The van der Waals surface area contributed by atoms with Gasteiger partial charge in [0.25, 0.3) is 0 Å². The molecule has 0 saturated heterocycles. The molecule has 0 aliphatic heterocycles. The maximum Gasteiger partial charge on any atom is 0.408 e. The molecule has 1 N–H and O–H groups in total. The standard InChI is InChI=1S/C19H31NO4/c1-4-5-11-15-12-8-13-19(15,2)24-18(22)20-16(17(21)23-3)14-9-6-7-10-14/h4,14-16H,1,5-13H2,2-3H3,(H,20,22). The summed E-state index contributed by atoms with van der Waals surface area (Å²) in [5.74, 6) is 0.126. The van der Waals surface area contributed by atoms with Gasteiger partial charge in [0.2, 0.25) is 0 Å². The van der Waals surface area contributed by atoms with Crippen LogP contribution in [0, 0.1) is 11.8 Å². The monoisotopic (exact) mass is 337 g/mol. The molecular formula is C19H31NO4. The molecule has 0 aromatic rings. The highest BCUT2D eigenvalue weighted by Crippen LogP contribution is 2.41. The average Bonchev–Trinajstić information content (AvgIpc) is 3.20. The summed E-state index contributed by atoms with van der Waals surface area (Å²) in [6.07, 6.45) is 10.4. The van der Waals surface area contributed by atoms with Gasteiger partial charge in [0.05, 0.1) is 7.11 Å². The van der Waals surface area contributed by atoms with Gasteiger partial charge < -0.3 is 14.8 Å². The predicted octanol–water partition coefficient (Wildman–Crippen LogP) is 3.97. The Hall–Kier alpha value is -1.52. The summed E-state index contributed by atoms with van der Waals surface area (Å²) in [4.78, 5) is 24.5. The molecule has 5 heteroatoms. The lowest BCUT2D eigenvalue weighted by atomic mass is 9.88. The van der Waals surface area contributed by atoms with E-state index in [4.69, 9.17) is 9.47 Å². The Bertz CT molecular complexity index is 458. The fourth-order valence-electron chi connectivity index (χ4n) is 4.27. The van der Waals surface area contributed by atoms with Crippen LogP contribution in [0.5, 0.6) is 0 Å². The van der Waals surface area contributed by atoms with Crippen molar-refractivity contribution in [2.45, 2.75) is 76.4 Å². The van der Waals surface area contributed by atoms with Gasteiger partial charge in [-0.2, -0.15) is 0 Å². The lowest BCUT2D eigenvalue weighted by Gasteiger charge is -2.32. The normalized spacial score (nSPS) is 28.3. The van der Waals surface area contributed by atoms with Crippen molar-refractivity contribution in [3.8, 4) is 0 Å². The van der Waals surface area contributed by atoms with Crippen LogP contribution in [0.4, 0.5) is 4.79 Å². The average molecular weight is 337 g/mol. The molecule has 2 aliphatic carbocycles. The van der Waals surface area contributed by atoms with Crippen LogP contribution in [0.25, 0.3) is 0 Å². The van der Waals surface area contributed by atoms with Crippen molar-refractivity contribution in [1.82, 2.24) is 5.32 Å². The minimum atomic E-state index is -0.596. The minimum absolute atomic E-state index is 0.151. The number of amides is 1. The maximum absolute atomic E-state index is 12.4. The van der Waals surface area contributed by atoms with Gasteiger partial charge in [-0.15, -0.1) is 6.58 Å². The van der Waals surface area contributed by atoms with Gasteiger partial charge in [0.15, 0.2) is 0 Å². The summed E-state index contributed by atoms with van der Waals surface area (Å²) >= 11 is 0. The summed E-state index contributed by atoms with van der Waals surface area (Å²) in [6.45, 7) is 5.78. The number of hydrogen-bond acceptors (Lipinski definition) is 4. The van der Waals surface area contributed by atoms with Gasteiger partial charge in [-0.25, -0.2) is 9.59 Å². The Morgan fingerprint density at radius 2 is 2.00 bits per heavy atom. The second-order valence-corrected chi connectivity index (χ2v) is 7.35. The fourth-order valence-corrected chi connectivity index (χ4v) is 4.27. The first-order valence-electron chi connectivity index (χ1n) is 9.18. The van der Waals surface area contributed by atoms with Crippen molar-refractivity contribution in [3.63, 3.8) is 0 Å². The van der Waals surface area contributed by atoms with Crippen LogP contribution < -0.4 is 5.32 Å². The molecule has 3 atom stereocenters. The summed E-state index contributed by atoms with van der Waals surface area (Å²) in [7, 11) is 1.36. The van der Waals surface area contributed by atoms with Gasteiger partial charge >= 0.3 is 12.1 Å². The number of hydrogen-bond donors (Lipinski definition) is 1. The largest absolute Gasteiger partial charge is 0.467 e. The molecule has 0 aromatic carbocycles. The van der Waals surface area contributed by atoms with Crippen LogP contribution in [0.1, 0.15) is 64.7 Å². The molecular weight excluding hydrogens is 306 g/mol. The zero-order valence-electron chi connectivity index (χ0n) is 15.0. The number of ether oxygens (including phenoxy) is 2. The van der Waals surface area contributed by atoms with Crippen molar-refractivity contribution in [1.29, 1.82) is 0 Å². The molecule has 5 nitrogen and oxygen atoms in total. The highest BCUT2D eigenvalue weighted by Gasteiger charge is 2.42. The molecule has 2 fully saturated rings. The van der Waals surface area contributed by atoms with Gasteiger partial charge in [0, 0.05) is 0 Å². The Kier molecular flexibility index (Phi) is 6.69. The molecule has 0 bridgehead atoms. The number of allylic oxidation sites excluding steroid dienone is 1. The SMILES string of the molecule is C=CCCC1CCCC1(C)OC(=O)NC(C(=O)OC)C1CCCC1. The fraction of sp³-hybridized carbons (Fsp3) is 0.789. The van der Waals surface area contributed by atoms with E-state index in [1.807, 2.05) is 13.0 Å². The van der Waals surface area contributed by atoms with Crippen molar-refractivity contribution >= 4 is 12.1 Å². The second kappa shape index (κ2) is 8.54. The molecule has 0 radical (unpaired) electrons. The summed E-state index contributed by atoms with van der Waals surface area (Å²) in [5, 5.41) is 2.78. The smallest absolute Gasteiger partial charge is 0.408 e. The van der Waals surface area contributed by atoms with E-state index in [9.17, 15) is 9.59 Å². The Labute approximate surface area is 145 Å². The molecule has 0 spiro atoms. The number of rotatable bonds is 7. The molecule has 3 unspecified atom stereocenters. The van der Waals surface area contributed by atoms with Crippen LogP contribution in [-0.2, 0) is 14.3 Å². The van der Waals surface area contributed by atoms with Crippen molar-refractivity contribution in [2.75, 3.05) is 7.11 Å². The molecule has 0 aromatic heterocycles. The zero-order valence-corrected chi connectivity index (χ0v) is 15.0. The van der Waals surface area contributed by atoms with E-state index in [-0.39, 0.29) is 11.9 Å². The van der Waals surface area contributed by atoms with Crippen LogP contribution in [0.2, 0.25) is 0 Å². The predicted molar refractivity (Wildman–Crippen MR) is 92.6 cm³/mol. The third kappa shape index (κ3) is 4.52. The number of methoxy groups -OCH3 is 1. The van der Waals surface area contributed by atoms with E-state index in [1.54, 1.807) is 0 Å². The quantitative estimate of drug-likeness (QED) is 0.564. The lowest BCUT2D eigenvalue weighted by Crippen LogP contribution is -2.49. The Balaban J connectivity index is 1.96. The summed E-state index contributed by atoms with van der Waals surface area (Å²) in [6, 6.07) is -0.596. The molecule has 0 heterocycles. The lowest BCUT2D eigenvalue weighted by molar-refractivity contribution is -0.144. The topological polar surface area (TPSA) is 64.6 Å². The van der Waals surface area contributed by atoms with Crippen molar-refractivity contribution in [3.05, 3.63) is 12.7 Å². The highest BCUT2D eigenvalue weighted by atomic mass is 16.6. The molecule has 2 rings (SSSR count). The number of nitrogens with one attached hydrogen (secondary N) is 1. The van der Waals surface area contributed by atoms with Crippen LogP contribution in [0.3, 0.4) is 0 Å². The number of carbonyl (C=O) groups is 2. The Morgan fingerprint density at radius 3 is 2.62 bits per heavy atom. The molecule has 136 valence electrons. The van der Waals surface area contributed by atoms with Gasteiger partial charge in [-0.3, -0.25) is 0 Å². The van der Waals surface area contributed by atoms with Crippen LogP contribution >= 0.6 is 0 Å². The van der Waals surface area contributed by atoms with Crippen LogP contribution in [-0.4, -0.2) is 30.8 Å². The minimum Gasteiger partial charge on any atom is -0.467 e. The molecule has 2 aliphatic rings. The van der Waals surface area contributed by atoms with E-state index >= 15 is 0 Å². The number of carbonyl (C=O) groups excluding carboxylic acids is 2.